The maximum atomic E-state index is 13.2. The number of nitrogens with one attached hydrogen (secondary N) is 3. The third-order valence-electron chi connectivity index (χ3n) is 9.39. The molecule has 2 atom stereocenters. The van der Waals surface area contributed by atoms with Gasteiger partial charge < -0.3 is 24.8 Å². The number of aromatic nitrogens is 4. The van der Waals surface area contributed by atoms with Gasteiger partial charge in [0, 0.05) is 58.3 Å². The molecule has 5 heterocycles. The Balaban J connectivity index is 1.95. The van der Waals surface area contributed by atoms with Crippen molar-refractivity contribution in [3.8, 4) is 0 Å². The summed E-state index contributed by atoms with van der Waals surface area (Å²) in [7, 11) is 4.76. The maximum absolute atomic E-state index is 13.2. The molecule has 0 saturated carbocycles. The zero-order valence-electron chi connectivity index (χ0n) is 27.2. The van der Waals surface area contributed by atoms with Crippen LogP contribution in [0.25, 0.3) is 33.2 Å². The Morgan fingerprint density at radius 2 is 1.55 bits per heavy atom. The quantitative estimate of drug-likeness (QED) is 0.267. The molecule has 2 aliphatic heterocycles. The second-order valence-electron chi connectivity index (χ2n) is 11.8. The summed E-state index contributed by atoms with van der Waals surface area (Å²) >= 11 is 0. The molecule has 0 fully saturated rings. The van der Waals surface area contributed by atoms with Crippen molar-refractivity contribution in [2.24, 2.45) is 0 Å². The number of hydrogen-bond acceptors (Lipinski definition) is 7. The highest BCUT2D eigenvalue weighted by molar-refractivity contribution is 6.25. The number of fused-ring (bicyclic) bond motifs is 8. The number of aryl methyl sites for hydroxylation is 3. The minimum absolute atomic E-state index is 0.0201. The maximum Gasteiger partial charge on any atom is 0.340 e. The minimum Gasteiger partial charge on any atom is -0.469 e. The van der Waals surface area contributed by atoms with E-state index in [0.29, 0.717) is 29.9 Å². The largest absolute Gasteiger partial charge is 0.469 e. The number of hydrogen-bond donors (Lipinski definition) is 3. The molecule has 2 aliphatic rings. The number of methoxy groups -OCH3 is 2. The van der Waals surface area contributed by atoms with E-state index < -0.39 is 5.97 Å². The van der Waals surface area contributed by atoms with E-state index >= 15 is 0 Å². The van der Waals surface area contributed by atoms with E-state index in [9.17, 15) is 9.59 Å². The number of allylic oxidation sites excluding steroid dienone is 1. The molecule has 0 aromatic carbocycles. The van der Waals surface area contributed by atoms with Gasteiger partial charge in [0.2, 0.25) is 0 Å². The summed E-state index contributed by atoms with van der Waals surface area (Å²) in [6, 6.07) is 6.34. The van der Waals surface area contributed by atoms with Gasteiger partial charge in [-0.25, -0.2) is 9.78 Å². The fraction of sp³-hybridized carbons (Fsp3) is 0.429. The van der Waals surface area contributed by atoms with Crippen molar-refractivity contribution in [1.82, 2.24) is 25.3 Å². The Morgan fingerprint density at radius 1 is 0.886 bits per heavy atom. The number of esters is 2. The van der Waals surface area contributed by atoms with Crippen molar-refractivity contribution in [2.75, 3.05) is 21.3 Å². The Kier molecular flexibility index (Phi) is 8.79. The molecular weight excluding hydrogens is 554 g/mol. The van der Waals surface area contributed by atoms with E-state index in [4.69, 9.17) is 19.4 Å². The standard InChI is InChI=1S/C35H43N5O4/c1-10-22-17(2)26-14-30-24(16-36-7)19(4)25(38-30)13-27-18(3)23(11-12-31(41)43-8)33(39-27)21(6)34-32(35(42)44-9)20(5)28(40-34)15-29(22)37-26/h13-15,18,23,36-38H,10-12,16H2,1-9H3/t18-,23-/m0/s1. The second-order valence-corrected chi connectivity index (χ2v) is 11.8. The average molecular weight is 598 g/mol. The molecule has 3 aromatic rings. The van der Waals surface area contributed by atoms with Gasteiger partial charge in [0.1, 0.15) is 0 Å². The van der Waals surface area contributed by atoms with Gasteiger partial charge in [0.15, 0.2) is 0 Å². The van der Waals surface area contributed by atoms with Crippen LogP contribution in [-0.2, 0) is 32.0 Å². The molecule has 0 radical (unpaired) electrons. The van der Waals surface area contributed by atoms with Gasteiger partial charge in [-0.15, -0.1) is 0 Å². The molecular formula is C35H43N5O4. The summed E-state index contributed by atoms with van der Waals surface area (Å²) in [5, 5.41) is 3.33. The van der Waals surface area contributed by atoms with Gasteiger partial charge in [0.25, 0.3) is 0 Å². The van der Waals surface area contributed by atoms with Crippen LogP contribution in [0.5, 0.6) is 0 Å². The van der Waals surface area contributed by atoms with E-state index in [-0.39, 0.29) is 24.2 Å². The number of aromatic amines is 2. The smallest absolute Gasteiger partial charge is 0.340 e. The Hall–Kier alpha value is -4.24. The number of carbonyl (C=O) groups is 2. The first-order chi connectivity index (χ1) is 21.0. The van der Waals surface area contributed by atoms with Crippen LogP contribution in [0.15, 0.2) is 18.2 Å². The van der Waals surface area contributed by atoms with E-state index in [0.717, 1.165) is 56.6 Å². The fourth-order valence-corrected chi connectivity index (χ4v) is 6.69. The predicted molar refractivity (Wildman–Crippen MR) is 174 cm³/mol. The van der Waals surface area contributed by atoms with Gasteiger partial charge in [-0.3, -0.25) is 9.78 Å². The van der Waals surface area contributed by atoms with Gasteiger partial charge in [-0.1, -0.05) is 13.8 Å². The molecule has 0 amide bonds. The monoisotopic (exact) mass is 597 g/mol. The molecule has 232 valence electrons. The molecule has 9 nitrogen and oxygen atoms in total. The van der Waals surface area contributed by atoms with E-state index in [2.05, 4.69) is 55.1 Å². The third kappa shape index (κ3) is 5.34. The van der Waals surface area contributed by atoms with Crippen LogP contribution in [0.1, 0.15) is 96.0 Å². The first-order valence-corrected chi connectivity index (χ1v) is 15.3. The van der Waals surface area contributed by atoms with Crippen LogP contribution in [0.3, 0.4) is 0 Å². The second kappa shape index (κ2) is 12.4. The summed E-state index contributed by atoms with van der Waals surface area (Å²) in [5.41, 5.74) is 13.8. The summed E-state index contributed by atoms with van der Waals surface area (Å²) in [6.07, 6.45) is 1.67. The zero-order chi connectivity index (χ0) is 31.9. The highest BCUT2D eigenvalue weighted by Crippen LogP contribution is 2.43. The lowest BCUT2D eigenvalue weighted by Gasteiger charge is -2.17. The lowest BCUT2D eigenvalue weighted by Crippen LogP contribution is -2.10. The van der Waals surface area contributed by atoms with Crippen molar-refractivity contribution >= 4 is 45.2 Å². The number of nitrogens with zero attached hydrogens (tertiary/aromatic N) is 2. The van der Waals surface area contributed by atoms with Crippen LogP contribution < -0.4 is 5.32 Å². The fourth-order valence-electron chi connectivity index (χ4n) is 6.69. The lowest BCUT2D eigenvalue weighted by molar-refractivity contribution is -0.140. The molecule has 44 heavy (non-hydrogen) atoms. The normalized spacial score (nSPS) is 16.4. The molecule has 3 aromatic heterocycles. The Morgan fingerprint density at radius 3 is 2.18 bits per heavy atom. The molecule has 5 rings (SSSR count). The van der Waals surface area contributed by atoms with E-state index in [1.54, 1.807) is 0 Å². The van der Waals surface area contributed by atoms with Crippen LogP contribution in [0.2, 0.25) is 0 Å². The number of ether oxygens (including phenoxy) is 2. The summed E-state index contributed by atoms with van der Waals surface area (Å²) in [6.45, 7) is 13.2. The highest BCUT2D eigenvalue weighted by atomic mass is 16.5. The average Bonchev–Trinajstić information content (AvgIpc) is 3.69. The molecule has 9 heteroatoms. The Labute approximate surface area is 258 Å². The van der Waals surface area contributed by atoms with Gasteiger partial charge in [0.05, 0.1) is 31.2 Å². The van der Waals surface area contributed by atoms with Gasteiger partial charge in [-0.2, -0.15) is 0 Å². The summed E-state index contributed by atoms with van der Waals surface area (Å²) in [5.74, 6) is -0.742. The zero-order valence-corrected chi connectivity index (χ0v) is 27.2. The van der Waals surface area contributed by atoms with Crippen molar-refractivity contribution in [3.05, 3.63) is 68.8 Å². The molecule has 0 saturated heterocycles. The third-order valence-corrected chi connectivity index (χ3v) is 9.39. The van der Waals surface area contributed by atoms with Crippen LogP contribution >= 0.6 is 0 Å². The molecule has 3 N–H and O–H groups in total. The Bertz CT molecular complexity index is 1850. The SMILES string of the molecule is CCc1c(C)c2cc3[nH]c(cc4nc(c(C)c5nc(cc1[nH]2)C(C)=C5C(=O)OC)[C@@H](CCC(=O)OC)[C@@H]4C)c(C)c3CNC. The predicted octanol–water partition coefficient (Wildman–Crippen LogP) is 6.47. The highest BCUT2D eigenvalue weighted by Gasteiger charge is 2.34. The van der Waals surface area contributed by atoms with E-state index in [1.165, 1.54) is 30.9 Å². The first-order valence-electron chi connectivity index (χ1n) is 15.3. The molecule has 0 spiro atoms. The topological polar surface area (TPSA) is 122 Å². The van der Waals surface area contributed by atoms with Crippen molar-refractivity contribution in [2.45, 2.75) is 79.2 Å². The van der Waals surface area contributed by atoms with Crippen LogP contribution in [0.4, 0.5) is 0 Å². The van der Waals surface area contributed by atoms with E-state index in [1.807, 2.05) is 27.0 Å². The number of carbonyl (C=O) groups excluding carboxylic acids is 2. The van der Waals surface area contributed by atoms with Crippen LogP contribution in [-0.4, -0.2) is 53.1 Å². The lowest BCUT2D eigenvalue weighted by atomic mass is 9.85. The van der Waals surface area contributed by atoms with Crippen molar-refractivity contribution < 1.29 is 19.1 Å². The van der Waals surface area contributed by atoms with Crippen molar-refractivity contribution in [1.29, 1.82) is 0 Å². The van der Waals surface area contributed by atoms with Crippen LogP contribution in [0, 0.1) is 20.8 Å². The number of rotatable bonds is 7. The van der Waals surface area contributed by atoms with Gasteiger partial charge >= 0.3 is 11.9 Å². The number of H-pyrrole nitrogens is 2. The first kappa shape index (κ1) is 31.2. The summed E-state index contributed by atoms with van der Waals surface area (Å²) in [4.78, 5) is 43.0. The minimum atomic E-state index is -0.436. The van der Waals surface area contributed by atoms with Gasteiger partial charge in [-0.05, 0) is 99.2 Å². The van der Waals surface area contributed by atoms with Crippen molar-refractivity contribution in [3.63, 3.8) is 0 Å². The molecule has 0 aliphatic carbocycles. The molecule has 0 unspecified atom stereocenters. The molecule has 8 bridgehead atoms. The summed E-state index contributed by atoms with van der Waals surface area (Å²) < 4.78 is 10.2.